The third kappa shape index (κ3) is 1.78. The molecule has 1 aromatic heterocycles. The molecule has 0 fully saturated rings. The maximum atomic E-state index is 11.0. The monoisotopic (exact) mass is 168 g/mol. The molecule has 0 saturated heterocycles. The number of nitrogens with zero attached hydrogens (tertiary/aromatic N) is 1. The summed E-state index contributed by atoms with van der Waals surface area (Å²) in [6.07, 6.45) is 1.54. The van der Waals surface area contributed by atoms with Crippen LogP contribution < -0.4 is 0 Å². The molecular weight excluding hydrogens is 158 g/mol. The van der Waals surface area contributed by atoms with Gasteiger partial charge in [0.15, 0.2) is 0 Å². The summed E-state index contributed by atoms with van der Waals surface area (Å²) in [5, 5.41) is 10.9. The van der Waals surface area contributed by atoms with Gasteiger partial charge in [-0.3, -0.25) is 5.11 Å². The third-order valence-electron chi connectivity index (χ3n) is 1.34. The van der Waals surface area contributed by atoms with Crippen LogP contribution in [0.25, 0.3) is 0 Å². The molecule has 65 valence electrons. The van der Waals surface area contributed by atoms with Crippen molar-refractivity contribution in [1.82, 2.24) is 4.57 Å². The number of hydrogen-bond acceptors (Lipinski definition) is 2. The highest BCUT2D eigenvalue weighted by Crippen LogP contribution is 2.10. The van der Waals surface area contributed by atoms with Gasteiger partial charge in [-0.15, -0.1) is 0 Å². The molecule has 4 nitrogen and oxygen atoms in total. The van der Waals surface area contributed by atoms with Gasteiger partial charge < -0.3 is 4.74 Å². The predicted octanol–water partition coefficient (Wildman–Crippen LogP) is 2.03. The highest BCUT2D eigenvalue weighted by atomic mass is 16.6. The fourth-order valence-corrected chi connectivity index (χ4v) is 0.775. The Morgan fingerprint density at radius 1 is 1.67 bits per heavy atom. The SMILES string of the molecule is CCCOC(=O)n1cccc1[O]. The first-order valence-electron chi connectivity index (χ1n) is 3.77. The van der Waals surface area contributed by atoms with Crippen molar-refractivity contribution >= 4 is 6.09 Å². The molecule has 0 bridgehead atoms. The molecule has 12 heavy (non-hydrogen) atoms. The molecule has 0 unspecified atom stereocenters. The van der Waals surface area contributed by atoms with Gasteiger partial charge in [0.2, 0.25) is 0 Å². The maximum Gasteiger partial charge on any atom is 0.420 e. The van der Waals surface area contributed by atoms with Crippen LogP contribution in [0.2, 0.25) is 0 Å². The van der Waals surface area contributed by atoms with Gasteiger partial charge in [0.1, 0.15) is 0 Å². The van der Waals surface area contributed by atoms with E-state index in [1.807, 2.05) is 6.92 Å². The average Bonchev–Trinajstić information content (AvgIpc) is 2.47. The van der Waals surface area contributed by atoms with Crippen molar-refractivity contribution in [1.29, 1.82) is 0 Å². The summed E-state index contributed by atoms with van der Waals surface area (Å²) in [6.45, 7) is 2.23. The van der Waals surface area contributed by atoms with E-state index in [2.05, 4.69) is 0 Å². The standard InChI is InChI=1S/C8H10NO3/c1-2-6-12-8(11)9-5-3-4-7(9)10/h3-5H,2,6H2,1H3. The Balaban J connectivity index is 2.59. The van der Waals surface area contributed by atoms with Gasteiger partial charge >= 0.3 is 6.09 Å². The molecule has 1 heterocycles. The average molecular weight is 168 g/mol. The number of carbonyl (C=O) groups excluding carboxylic acids is 1. The minimum absolute atomic E-state index is 0.344. The zero-order valence-electron chi connectivity index (χ0n) is 6.82. The van der Waals surface area contributed by atoms with E-state index in [4.69, 9.17) is 4.74 Å². The van der Waals surface area contributed by atoms with Crippen molar-refractivity contribution in [3.8, 4) is 5.88 Å². The van der Waals surface area contributed by atoms with E-state index in [1.54, 1.807) is 0 Å². The summed E-state index contributed by atoms with van der Waals surface area (Å²) in [6, 6.07) is 2.82. The van der Waals surface area contributed by atoms with Crippen molar-refractivity contribution in [3.63, 3.8) is 0 Å². The molecule has 0 N–H and O–H groups in total. The molecule has 1 aromatic rings. The lowest BCUT2D eigenvalue weighted by molar-refractivity contribution is 0.143. The molecule has 1 radical (unpaired) electrons. The van der Waals surface area contributed by atoms with Gasteiger partial charge in [0, 0.05) is 12.3 Å². The highest BCUT2D eigenvalue weighted by molar-refractivity contribution is 5.72. The minimum Gasteiger partial charge on any atom is -0.449 e. The summed E-state index contributed by atoms with van der Waals surface area (Å²) >= 11 is 0. The number of hydrogen-bond donors (Lipinski definition) is 0. The molecule has 0 atom stereocenters. The Bertz CT molecular complexity index is 267. The van der Waals surface area contributed by atoms with E-state index >= 15 is 0 Å². The Hall–Kier alpha value is -1.45. The van der Waals surface area contributed by atoms with Crippen LogP contribution in [0.15, 0.2) is 18.3 Å². The molecule has 0 aliphatic rings. The predicted molar refractivity (Wildman–Crippen MR) is 41.6 cm³/mol. The van der Waals surface area contributed by atoms with E-state index in [1.165, 1.54) is 18.3 Å². The Morgan fingerprint density at radius 3 is 2.92 bits per heavy atom. The zero-order chi connectivity index (χ0) is 8.97. The molecule has 0 aromatic carbocycles. The minimum atomic E-state index is -0.605. The fraction of sp³-hybridized carbons (Fsp3) is 0.375. The van der Waals surface area contributed by atoms with Crippen molar-refractivity contribution in [2.24, 2.45) is 0 Å². The summed E-state index contributed by atoms with van der Waals surface area (Å²) in [4.78, 5) is 11.0. The first kappa shape index (κ1) is 8.64. The van der Waals surface area contributed by atoms with Gasteiger partial charge in [-0.2, -0.15) is 0 Å². The van der Waals surface area contributed by atoms with Gasteiger partial charge in [0.05, 0.1) is 6.61 Å². The van der Waals surface area contributed by atoms with E-state index in [9.17, 15) is 9.90 Å². The molecule has 1 rings (SSSR count). The lowest BCUT2D eigenvalue weighted by Crippen LogP contribution is -2.12. The molecule has 0 aliphatic heterocycles. The fourth-order valence-electron chi connectivity index (χ4n) is 0.775. The van der Waals surface area contributed by atoms with Crippen LogP contribution >= 0.6 is 0 Å². The lowest BCUT2D eigenvalue weighted by atomic mass is 10.5. The van der Waals surface area contributed by atoms with Crippen molar-refractivity contribution < 1.29 is 14.6 Å². The largest absolute Gasteiger partial charge is 0.449 e. The first-order valence-corrected chi connectivity index (χ1v) is 3.77. The third-order valence-corrected chi connectivity index (χ3v) is 1.34. The van der Waals surface area contributed by atoms with E-state index in [0.717, 1.165) is 11.0 Å². The molecular formula is C8H10NO3. The Kier molecular flexibility index (Phi) is 2.74. The molecule has 0 spiro atoms. The molecule has 0 amide bonds. The van der Waals surface area contributed by atoms with Crippen LogP contribution in [0.4, 0.5) is 4.79 Å². The van der Waals surface area contributed by atoms with Gasteiger partial charge in [-0.1, -0.05) is 6.92 Å². The first-order chi connectivity index (χ1) is 5.75. The lowest BCUT2D eigenvalue weighted by Gasteiger charge is -2.02. The van der Waals surface area contributed by atoms with Crippen molar-refractivity contribution in [2.75, 3.05) is 6.61 Å². The summed E-state index contributed by atoms with van der Waals surface area (Å²) in [5.41, 5.74) is 0. The Labute approximate surface area is 70.4 Å². The molecule has 0 aliphatic carbocycles. The summed E-state index contributed by atoms with van der Waals surface area (Å²) in [5.74, 6) is -0.351. The quantitative estimate of drug-likeness (QED) is 0.678. The van der Waals surface area contributed by atoms with Gasteiger partial charge in [-0.05, 0) is 12.5 Å². The second-order valence-electron chi connectivity index (χ2n) is 2.33. The number of carbonyl (C=O) groups is 1. The van der Waals surface area contributed by atoms with E-state index in [-0.39, 0.29) is 5.88 Å². The van der Waals surface area contributed by atoms with Crippen LogP contribution in [-0.4, -0.2) is 17.3 Å². The van der Waals surface area contributed by atoms with Crippen LogP contribution in [-0.2, 0) is 9.84 Å². The normalized spacial score (nSPS) is 9.75. The van der Waals surface area contributed by atoms with Crippen LogP contribution in [0.1, 0.15) is 13.3 Å². The maximum absolute atomic E-state index is 11.0. The zero-order valence-corrected chi connectivity index (χ0v) is 6.82. The van der Waals surface area contributed by atoms with Gasteiger partial charge in [-0.25, -0.2) is 9.36 Å². The number of aromatic nitrogens is 1. The number of rotatable bonds is 2. The second-order valence-corrected chi connectivity index (χ2v) is 2.33. The van der Waals surface area contributed by atoms with Crippen molar-refractivity contribution in [3.05, 3.63) is 18.3 Å². The second kappa shape index (κ2) is 3.80. The topological polar surface area (TPSA) is 51.1 Å². The smallest absolute Gasteiger partial charge is 0.420 e. The van der Waals surface area contributed by atoms with Crippen molar-refractivity contribution in [2.45, 2.75) is 13.3 Å². The van der Waals surface area contributed by atoms with Crippen LogP contribution in [0.5, 0.6) is 5.88 Å². The van der Waals surface area contributed by atoms with E-state index < -0.39 is 6.09 Å². The van der Waals surface area contributed by atoms with Crippen LogP contribution in [0.3, 0.4) is 0 Å². The summed E-state index contributed by atoms with van der Waals surface area (Å²) in [7, 11) is 0. The Morgan fingerprint density at radius 2 is 2.42 bits per heavy atom. The molecule has 0 saturated carbocycles. The van der Waals surface area contributed by atoms with Gasteiger partial charge in [0.25, 0.3) is 5.88 Å². The highest BCUT2D eigenvalue weighted by Gasteiger charge is 2.09. The summed E-state index contributed by atoms with van der Waals surface area (Å²) < 4.78 is 5.68. The number of ether oxygens (including phenoxy) is 1. The molecule has 4 heteroatoms. The van der Waals surface area contributed by atoms with Crippen LogP contribution in [0, 0.1) is 0 Å². The van der Waals surface area contributed by atoms with E-state index in [0.29, 0.717) is 6.61 Å².